The Labute approximate surface area is 93.4 Å². The van der Waals surface area contributed by atoms with Crippen molar-refractivity contribution in [3.8, 4) is 0 Å². The minimum Gasteiger partial charge on any atom is -0.466 e. The molecule has 0 aromatic carbocycles. The van der Waals surface area contributed by atoms with Crippen molar-refractivity contribution in [3.05, 3.63) is 11.6 Å². The molecule has 0 radical (unpaired) electrons. The summed E-state index contributed by atoms with van der Waals surface area (Å²) in [6.07, 6.45) is 0.890. The van der Waals surface area contributed by atoms with Crippen LogP contribution in [0.3, 0.4) is 0 Å². The topological polar surface area (TPSA) is 76.1 Å². The van der Waals surface area contributed by atoms with E-state index in [1.54, 1.807) is 6.08 Å². The molecule has 1 amide bonds. The van der Waals surface area contributed by atoms with Crippen LogP contribution in [-0.4, -0.2) is 55.5 Å². The van der Waals surface area contributed by atoms with Gasteiger partial charge in [-0.1, -0.05) is 6.08 Å². The first-order valence-electron chi connectivity index (χ1n) is 4.86. The van der Waals surface area contributed by atoms with E-state index in [0.29, 0.717) is 12.0 Å². The molecule has 16 heavy (non-hydrogen) atoms. The van der Waals surface area contributed by atoms with Gasteiger partial charge in [-0.25, -0.2) is 9.59 Å². The van der Waals surface area contributed by atoms with Crippen molar-refractivity contribution in [1.29, 1.82) is 0 Å². The van der Waals surface area contributed by atoms with E-state index in [1.165, 1.54) is 19.1 Å². The number of carbonyl (C=O) groups excluding carboxylic acids is 1. The van der Waals surface area contributed by atoms with Gasteiger partial charge in [0.05, 0.1) is 19.8 Å². The number of rotatable bonds is 3. The van der Waals surface area contributed by atoms with Crippen LogP contribution in [0.5, 0.6) is 0 Å². The third-order valence-corrected chi connectivity index (χ3v) is 2.48. The molecule has 6 nitrogen and oxygen atoms in total. The normalized spacial score (nSPS) is 20.2. The molecule has 0 aromatic rings. The van der Waals surface area contributed by atoms with E-state index in [1.807, 2.05) is 0 Å². The van der Waals surface area contributed by atoms with Crippen LogP contribution in [0.2, 0.25) is 0 Å². The minimum absolute atomic E-state index is 0.188. The standard InChI is InChI=1S/C10H15NO5/c1-15-6-8-5-7(9(12)16-2)3-4-11(8)10(13)14/h3,8H,4-6H2,1-2H3,(H,13,14)/t8-/m0/s1. The predicted molar refractivity (Wildman–Crippen MR) is 55.1 cm³/mol. The Kier molecular flexibility index (Phi) is 4.30. The van der Waals surface area contributed by atoms with Gasteiger partial charge in [0, 0.05) is 25.6 Å². The Morgan fingerprint density at radius 3 is 2.75 bits per heavy atom. The highest BCUT2D eigenvalue weighted by atomic mass is 16.5. The molecule has 1 atom stereocenters. The predicted octanol–water partition coefficient (Wildman–Crippen LogP) is 0.485. The number of carbonyl (C=O) groups is 2. The maximum atomic E-state index is 11.3. The quantitative estimate of drug-likeness (QED) is 0.712. The van der Waals surface area contributed by atoms with Gasteiger partial charge in [-0.15, -0.1) is 0 Å². The first-order chi connectivity index (χ1) is 7.60. The molecule has 1 N–H and O–H groups in total. The third kappa shape index (κ3) is 2.73. The maximum absolute atomic E-state index is 11.3. The molecule has 0 aromatic heterocycles. The summed E-state index contributed by atoms with van der Waals surface area (Å²) in [5.41, 5.74) is 0.502. The van der Waals surface area contributed by atoms with E-state index < -0.39 is 12.1 Å². The average Bonchev–Trinajstić information content (AvgIpc) is 2.28. The van der Waals surface area contributed by atoms with E-state index in [-0.39, 0.29) is 19.2 Å². The molecule has 1 aliphatic rings. The second kappa shape index (κ2) is 5.50. The van der Waals surface area contributed by atoms with Crippen LogP contribution in [0.25, 0.3) is 0 Å². The molecule has 1 heterocycles. The third-order valence-electron chi connectivity index (χ3n) is 2.48. The van der Waals surface area contributed by atoms with Crippen LogP contribution < -0.4 is 0 Å². The minimum atomic E-state index is -1.01. The van der Waals surface area contributed by atoms with E-state index in [0.717, 1.165) is 0 Å². The van der Waals surface area contributed by atoms with Gasteiger partial charge >= 0.3 is 12.1 Å². The van der Waals surface area contributed by atoms with Gasteiger partial charge in [-0.3, -0.25) is 4.90 Å². The number of hydrogen-bond acceptors (Lipinski definition) is 4. The van der Waals surface area contributed by atoms with Gasteiger partial charge in [0.1, 0.15) is 0 Å². The number of hydrogen-bond donors (Lipinski definition) is 1. The van der Waals surface area contributed by atoms with Crippen LogP contribution in [0.1, 0.15) is 6.42 Å². The zero-order valence-corrected chi connectivity index (χ0v) is 9.30. The highest BCUT2D eigenvalue weighted by molar-refractivity contribution is 5.89. The second-order valence-electron chi connectivity index (χ2n) is 3.47. The van der Waals surface area contributed by atoms with Gasteiger partial charge < -0.3 is 14.6 Å². The van der Waals surface area contributed by atoms with E-state index >= 15 is 0 Å². The zero-order valence-electron chi connectivity index (χ0n) is 9.30. The highest BCUT2D eigenvalue weighted by Crippen LogP contribution is 2.19. The van der Waals surface area contributed by atoms with Crippen molar-refractivity contribution in [3.63, 3.8) is 0 Å². The fourth-order valence-electron chi connectivity index (χ4n) is 1.68. The van der Waals surface area contributed by atoms with Gasteiger partial charge in [0.25, 0.3) is 0 Å². The van der Waals surface area contributed by atoms with Crippen molar-refractivity contribution in [2.75, 3.05) is 27.4 Å². The zero-order chi connectivity index (χ0) is 12.1. The molecule has 0 spiro atoms. The molecule has 6 heteroatoms. The average molecular weight is 229 g/mol. The molecule has 0 unspecified atom stereocenters. The Balaban J connectivity index is 2.77. The lowest BCUT2D eigenvalue weighted by atomic mass is 10.0. The lowest BCUT2D eigenvalue weighted by Crippen LogP contribution is -2.45. The lowest BCUT2D eigenvalue weighted by Gasteiger charge is -2.31. The molecule has 0 bridgehead atoms. The monoisotopic (exact) mass is 229 g/mol. The smallest absolute Gasteiger partial charge is 0.407 e. The van der Waals surface area contributed by atoms with Crippen LogP contribution in [0, 0.1) is 0 Å². The summed E-state index contributed by atoms with van der Waals surface area (Å²) in [6, 6.07) is -0.332. The maximum Gasteiger partial charge on any atom is 0.407 e. The van der Waals surface area contributed by atoms with Crippen LogP contribution in [-0.2, 0) is 14.3 Å². The molecule has 0 aliphatic carbocycles. The first kappa shape index (κ1) is 12.5. The number of nitrogens with zero attached hydrogens (tertiary/aromatic N) is 1. The molecule has 0 saturated carbocycles. The molecular weight excluding hydrogens is 214 g/mol. The SMILES string of the molecule is COC[C@@H]1CC(C(=O)OC)=CCN1C(=O)O. The van der Waals surface area contributed by atoms with Gasteiger partial charge in [0.15, 0.2) is 0 Å². The molecule has 90 valence electrons. The van der Waals surface area contributed by atoms with Crippen molar-refractivity contribution >= 4 is 12.1 Å². The number of esters is 1. The van der Waals surface area contributed by atoms with E-state index in [9.17, 15) is 9.59 Å². The molecule has 1 rings (SSSR count). The summed E-state index contributed by atoms with van der Waals surface area (Å²) >= 11 is 0. The number of amides is 1. The Morgan fingerprint density at radius 1 is 1.56 bits per heavy atom. The van der Waals surface area contributed by atoms with Gasteiger partial charge in [0.2, 0.25) is 0 Å². The number of methoxy groups -OCH3 is 2. The second-order valence-corrected chi connectivity index (χ2v) is 3.47. The molecule has 0 fully saturated rings. The van der Waals surface area contributed by atoms with Gasteiger partial charge in [-0.05, 0) is 0 Å². The van der Waals surface area contributed by atoms with E-state index in [2.05, 4.69) is 4.74 Å². The Morgan fingerprint density at radius 2 is 2.25 bits per heavy atom. The summed E-state index contributed by atoms with van der Waals surface area (Å²) in [7, 11) is 2.80. The summed E-state index contributed by atoms with van der Waals surface area (Å²) in [5, 5.41) is 8.94. The molecule has 1 aliphatic heterocycles. The van der Waals surface area contributed by atoms with Crippen LogP contribution >= 0.6 is 0 Å². The Bertz CT molecular complexity index is 312. The Hall–Kier alpha value is -1.56. The van der Waals surface area contributed by atoms with Gasteiger partial charge in [-0.2, -0.15) is 0 Å². The van der Waals surface area contributed by atoms with Crippen LogP contribution in [0.4, 0.5) is 4.79 Å². The van der Waals surface area contributed by atoms with Crippen molar-refractivity contribution < 1.29 is 24.2 Å². The van der Waals surface area contributed by atoms with Crippen molar-refractivity contribution in [2.24, 2.45) is 0 Å². The van der Waals surface area contributed by atoms with Crippen molar-refractivity contribution in [2.45, 2.75) is 12.5 Å². The largest absolute Gasteiger partial charge is 0.466 e. The fourth-order valence-corrected chi connectivity index (χ4v) is 1.68. The van der Waals surface area contributed by atoms with E-state index in [4.69, 9.17) is 9.84 Å². The summed E-state index contributed by atoms with van der Waals surface area (Å²) in [6.45, 7) is 0.453. The van der Waals surface area contributed by atoms with Crippen LogP contribution in [0.15, 0.2) is 11.6 Å². The first-order valence-corrected chi connectivity index (χ1v) is 4.86. The molecular formula is C10H15NO5. The lowest BCUT2D eigenvalue weighted by molar-refractivity contribution is -0.136. The number of ether oxygens (including phenoxy) is 2. The fraction of sp³-hybridized carbons (Fsp3) is 0.600. The highest BCUT2D eigenvalue weighted by Gasteiger charge is 2.29. The molecule has 0 saturated heterocycles. The van der Waals surface area contributed by atoms with Crippen molar-refractivity contribution in [1.82, 2.24) is 4.90 Å². The number of carboxylic acid groups (broad SMARTS) is 1. The summed E-state index contributed by atoms with van der Waals surface area (Å²) in [5.74, 6) is -0.411. The summed E-state index contributed by atoms with van der Waals surface area (Å²) in [4.78, 5) is 23.5. The summed E-state index contributed by atoms with van der Waals surface area (Å²) < 4.78 is 9.54.